The highest BCUT2D eigenvalue weighted by molar-refractivity contribution is 5.92. The van der Waals surface area contributed by atoms with Crippen LogP contribution < -0.4 is 4.90 Å². The van der Waals surface area contributed by atoms with Crippen LogP contribution in [0.5, 0.6) is 0 Å². The molecule has 0 aliphatic carbocycles. The molecule has 1 amide bonds. The molecule has 0 bridgehead atoms. The molecular formula is C19H21NO. The Balaban J connectivity index is 2.40. The van der Waals surface area contributed by atoms with Crippen LogP contribution in [0.25, 0.3) is 6.08 Å². The van der Waals surface area contributed by atoms with Gasteiger partial charge in [0.15, 0.2) is 0 Å². The van der Waals surface area contributed by atoms with Crippen LogP contribution >= 0.6 is 0 Å². The molecule has 0 fully saturated rings. The molecule has 21 heavy (non-hydrogen) atoms. The molecule has 2 rings (SSSR count). The monoisotopic (exact) mass is 279 g/mol. The first-order valence-electron chi connectivity index (χ1n) is 7.23. The molecule has 0 heterocycles. The number of hydrogen-bond acceptors (Lipinski definition) is 1. The fraction of sp³-hybridized carbons (Fsp3) is 0.211. The highest BCUT2D eigenvalue weighted by Gasteiger charge is 2.15. The van der Waals surface area contributed by atoms with E-state index in [1.54, 1.807) is 6.92 Å². The summed E-state index contributed by atoms with van der Waals surface area (Å²) in [5.74, 6) is 0.0507. The van der Waals surface area contributed by atoms with Crippen LogP contribution in [0, 0.1) is 0 Å². The first kappa shape index (κ1) is 15.0. The maximum atomic E-state index is 12.1. The second-order valence-corrected chi connectivity index (χ2v) is 4.99. The lowest BCUT2D eigenvalue weighted by Crippen LogP contribution is -2.29. The van der Waals surface area contributed by atoms with E-state index >= 15 is 0 Å². The van der Waals surface area contributed by atoms with E-state index in [1.807, 2.05) is 53.4 Å². The molecule has 108 valence electrons. The minimum Gasteiger partial charge on any atom is -0.308 e. The fourth-order valence-electron chi connectivity index (χ4n) is 2.49. The van der Waals surface area contributed by atoms with Crippen molar-refractivity contribution in [3.63, 3.8) is 0 Å². The van der Waals surface area contributed by atoms with Gasteiger partial charge < -0.3 is 4.90 Å². The summed E-state index contributed by atoms with van der Waals surface area (Å²) >= 11 is 0. The molecule has 0 unspecified atom stereocenters. The van der Waals surface area contributed by atoms with E-state index in [-0.39, 0.29) is 5.91 Å². The van der Waals surface area contributed by atoms with Gasteiger partial charge in [-0.1, -0.05) is 62.0 Å². The van der Waals surface area contributed by atoms with E-state index in [0.29, 0.717) is 6.54 Å². The van der Waals surface area contributed by atoms with Crippen LogP contribution in [0.2, 0.25) is 0 Å². The van der Waals surface area contributed by atoms with Gasteiger partial charge in [-0.2, -0.15) is 0 Å². The predicted octanol–water partition coefficient (Wildman–Crippen LogP) is 4.45. The summed E-state index contributed by atoms with van der Waals surface area (Å²) in [6.07, 6.45) is 2.74. The smallest absolute Gasteiger partial charge is 0.224 e. The van der Waals surface area contributed by atoms with Gasteiger partial charge in [0.2, 0.25) is 5.91 Å². The molecule has 2 aromatic rings. The zero-order chi connectivity index (χ0) is 15.2. The number of amides is 1. The lowest BCUT2D eigenvalue weighted by atomic mass is 10.0. The molecule has 2 aromatic carbocycles. The molecule has 0 atom stereocenters. The third-order valence-corrected chi connectivity index (χ3v) is 3.65. The summed E-state index contributed by atoms with van der Waals surface area (Å²) in [6, 6.07) is 16.1. The summed E-state index contributed by atoms with van der Waals surface area (Å²) in [4.78, 5) is 14.0. The van der Waals surface area contributed by atoms with Gasteiger partial charge in [0, 0.05) is 12.6 Å². The van der Waals surface area contributed by atoms with E-state index in [1.165, 1.54) is 5.56 Å². The van der Waals surface area contributed by atoms with Crippen LogP contribution in [0.1, 0.15) is 30.5 Å². The summed E-state index contributed by atoms with van der Waals surface area (Å²) in [5, 5.41) is 0. The summed E-state index contributed by atoms with van der Waals surface area (Å²) in [7, 11) is 0. The van der Waals surface area contributed by atoms with Crippen LogP contribution in [-0.2, 0) is 17.8 Å². The molecule has 0 aliphatic heterocycles. The van der Waals surface area contributed by atoms with Crippen molar-refractivity contribution in [2.75, 3.05) is 4.90 Å². The van der Waals surface area contributed by atoms with Gasteiger partial charge in [-0.3, -0.25) is 4.79 Å². The Morgan fingerprint density at radius 1 is 1.10 bits per heavy atom. The number of carbonyl (C=O) groups is 1. The lowest BCUT2D eigenvalue weighted by Gasteiger charge is -2.24. The number of benzene rings is 2. The van der Waals surface area contributed by atoms with Crippen molar-refractivity contribution in [3.05, 3.63) is 71.8 Å². The maximum absolute atomic E-state index is 12.1. The topological polar surface area (TPSA) is 20.3 Å². The van der Waals surface area contributed by atoms with Crippen LogP contribution in [0.3, 0.4) is 0 Å². The Morgan fingerprint density at radius 2 is 1.71 bits per heavy atom. The van der Waals surface area contributed by atoms with Crippen molar-refractivity contribution in [2.45, 2.75) is 26.8 Å². The Hall–Kier alpha value is -2.35. The number of para-hydroxylation sites is 1. The SMILES string of the molecule is C=Cc1ccccc1CN(C(C)=O)c1ccccc1CC. The second-order valence-electron chi connectivity index (χ2n) is 4.99. The number of anilines is 1. The van der Waals surface area contributed by atoms with Gasteiger partial charge in [-0.15, -0.1) is 0 Å². The first-order chi connectivity index (χ1) is 10.2. The van der Waals surface area contributed by atoms with Gasteiger partial charge in [-0.05, 0) is 29.2 Å². The Bertz CT molecular complexity index is 646. The van der Waals surface area contributed by atoms with Crippen molar-refractivity contribution in [2.24, 2.45) is 0 Å². The Labute approximate surface area is 126 Å². The minimum absolute atomic E-state index is 0.0507. The van der Waals surface area contributed by atoms with E-state index in [4.69, 9.17) is 0 Å². The van der Waals surface area contributed by atoms with Gasteiger partial charge in [0.1, 0.15) is 0 Å². The first-order valence-corrected chi connectivity index (χ1v) is 7.23. The molecule has 0 radical (unpaired) electrons. The van der Waals surface area contributed by atoms with Gasteiger partial charge >= 0.3 is 0 Å². The molecule has 0 N–H and O–H groups in total. The highest BCUT2D eigenvalue weighted by Crippen LogP contribution is 2.24. The third-order valence-electron chi connectivity index (χ3n) is 3.65. The van der Waals surface area contributed by atoms with Crippen molar-refractivity contribution in [3.8, 4) is 0 Å². The average molecular weight is 279 g/mol. The number of nitrogens with zero attached hydrogens (tertiary/aromatic N) is 1. The van der Waals surface area contributed by atoms with E-state index < -0.39 is 0 Å². The zero-order valence-electron chi connectivity index (χ0n) is 12.7. The van der Waals surface area contributed by atoms with Crippen LogP contribution in [0.4, 0.5) is 5.69 Å². The largest absolute Gasteiger partial charge is 0.308 e. The molecule has 2 nitrogen and oxygen atoms in total. The van der Waals surface area contributed by atoms with E-state index in [2.05, 4.69) is 19.6 Å². The van der Waals surface area contributed by atoms with Gasteiger partial charge in [0.05, 0.1) is 6.54 Å². The normalized spacial score (nSPS) is 10.2. The second kappa shape index (κ2) is 6.89. The zero-order valence-corrected chi connectivity index (χ0v) is 12.7. The molecule has 0 aliphatic rings. The fourth-order valence-corrected chi connectivity index (χ4v) is 2.49. The van der Waals surface area contributed by atoms with Crippen molar-refractivity contribution in [1.82, 2.24) is 0 Å². The van der Waals surface area contributed by atoms with Crippen LogP contribution in [0.15, 0.2) is 55.1 Å². The molecule has 0 aromatic heterocycles. The van der Waals surface area contributed by atoms with Gasteiger partial charge in [0.25, 0.3) is 0 Å². The Kier molecular flexibility index (Phi) is 4.94. The van der Waals surface area contributed by atoms with Crippen molar-refractivity contribution >= 4 is 17.7 Å². The van der Waals surface area contributed by atoms with Crippen molar-refractivity contribution in [1.29, 1.82) is 0 Å². The molecule has 0 saturated heterocycles. The third kappa shape index (κ3) is 3.40. The highest BCUT2D eigenvalue weighted by atomic mass is 16.2. The van der Waals surface area contributed by atoms with E-state index in [0.717, 1.165) is 23.2 Å². The molecule has 0 spiro atoms. The lowest BCUT2D eigenvalue weighted by molar-refractivity contribution is -0.116. The minimum atomic E-state index is 0.0507. The summed E-state index contributed by atoms with van der Waals surface area (Å²) in [6.45, 7) is 8.13. The summed E-state index contributed by atoms with van der Waals surface area (Å²) in [5.41, 5.74) is 4.35. The quantitative estimate of drug-likeness (QED) is 0.792. The van der Waals surface area contributed by atoms with Gasteiger partial charge in [-0.25, -0.2) is 0 Å². The number of aryl methyl sites for hydroxylation is 1. The standard InChI is InChI=1S/C19H21NO/c1-4-16-10-6-7-12-18(16)14-20(15(3)21)19-13-9-8-11-17(19)5-2/h4,6-13H,1,5,14H2,2-3H3. The average Bonchev–Trinajstić information content (AvgIpc) is 2.52. The maximum Gasteiger partial charge on any atom is 0.224 e. The number of hydrogen-bond donors (Lipinski definition) is 0. The van der Waals surface area contributed by atoms with Crippen LogP contribution in [-0.4, -0.2) is 5.91 Å². The number of carbonyl (C=O) groups excluding carboxylic acids is 1. The molecule has 2 heteroatoms. The van der Waals surface area contributed by atoms with Crippen molar-refractivity contribution < 1.29 is 4.79 Å². The van der Waals surface area contributed by atoms with E-state index in [9.17, 15) is 4.79 Å². The predicted molar refractivity (Wildman–Crippen MR) is 89.2 cm³/mol. The summed E-state index contributed by atoms with van der Waals surface area (Å²) < 4.78 is 0. The number of rotatable bonds is 5. The molecule has 0 saturated carbocycles. The molecular weight excluding hydrogens is 258 g/mol. The Morgan fingerprint density at radius 3 is 2.33 bits per heavy atom.